The fourth-order valence-electron chi connectivity index (χ4n) is 5.77. The standard InChI is InChI=1S/C23H30F6NP/c1-4-9-15-10-7-13-18(20-17-12-8-11-16(17)19(6-3)30-20)21(15,14-5-2)31(22(24,25)26)23(27,28)29/h8,11-12,15,30H,4-7,9-10,13-14H2,1-3H3/b20-18+. The van der Waals surface area contributed by atoms with Gasteiger partial charge in [0, 0.05) is 27.0 Å². The van der Waals surface area contributed by atoms with Crippen molar-refractivity contribution in [2.24, 2.45) is 5.92 Å². The van der Waals surface area contributed by atoms with Crippen molar-refractivity contribution in [1.82, 2.24) is 4.98 Å². The number of aromatic nitrogens is 1. The van der Waals surface area contributed by atoms with E-state index in [9.17, 15) is 26.3 Å². The molecule has 0 spiro atoms. The van der Waals surface area contributed by atoms with Crippen LogP contribution in [-0.4, -0.2) is 22.0 Å². The molecule has 2 atom stereocenters. The highest BCUT2D eigenvalue weighted by atomic mass is 31.1. The number of nitrogens with one attached hydrogen (secondary N) is 1. The highest BCUT2D eigenvalue weighted by molar-refractivity contribution is 7.62. The molecule has 0 saturated heterocycles. The molecule has 0 aromatic carbocycles. The van der Waals surface area contributed by atoms with E-state index in [4.69, 9.17) is 0 Å². The van der Waals surface area contributed by atoms with Gasteiger partial charge in [-0.3, -0.25) is 0 Å². The second kappa shape index (κ2) is 8.96. The van der Waals surface area contributed by atoms with Crippen LogP contribution < -0.4 is 10.6 Å². The summed E-state index contributed by atoms with van der Waals surface area (Å²) in [6, 6.07) is 0. The van der Waals surface area contributed by atoms with E-state index in [-0.39, 0.29) is 19.3 Å². The summed E-state index contributed by atoms with van der Waals surface area (Å²) in [6.07, 6.45) is 8.59. The maximum Gasteiger partial charge on any atom is 0.414 e. The molecule has 0 amide bonds. The first-order chi connectivity index (χ1) is 14.5. The average molecular weight is 465 g/mol. The van der Waals surface area contributed by atoms with Gasteiger partial charge in [-0.15, -0.1) is 0 Å². The van der Waals surface area contributed by atoms with Gasteiger partial charge in [0.05, 0.1) is 0 Å². The molecule has 3 rings (SSSR count). The van der Waals surface area contributed by atoms with E-state index in [2.05, 4.69) is 4.98 Å². The van der Waals surface area contributed by atoms with E-state index in [0.29, 0.717) is 43.0 Å². The molecule has 1 aromatic rings. The topological polar surface area (TPSA) is 15.8 Å². The molecule has 1 aromatic heterocycles. The number of H-pyrrole nitrogens is 1. The van der Waals surface area contributed by atoms with Crippen LogP contribution in [0.2, 0.25) is 0 Å². The number of alkyl halides is 6. The second-order valence-electron chi connectivity index (χ2n) is 8.49. The molecule has 1 saturated carbocycles. The van der Waals surface area contributed by atoms with Crippen LogP contribution in [0.1, 0.15) is 77.0 Å². The van der Waals surface area contributed by atoms with Crippen LogP contribution in [0.3, 0.4) is 0 Å². The molecular weight excluding hydrogens is 435 g/mol. The van der Waals surface area contributed by atoms with Crippen molar-refractivity contribution >= 4 is 25.6 Å². The summed E-state index contributed by atoms with van der Waals surface area (Å²) in [5.74, 6) is -11.2. The summed E-state index contributed by atoms with van der Waals surface area (Å²) in [7, 11) is -4.26. The Morgan fingerprint density at radius 1 is 1.06 bits per heavy atom. The molecule has 1 fully saturated rings. The highest BCUT2D eigenvalue weighted by Gasteiger charge is 2.69. The largest absolute Gasteiger partial charge is 0.414 e. The first-order valence-corrected chi connectivity index (χ1v) is 12.4. The summed E-state index contributed by atoms with van der Waals surface area (Å²) in [5, 5.41) is -0.662. The number of aryl methyl sites for hydroxylation is 1. The quantitative estimate of drug-likeness (QED) is 0.338. The Kier molecular flexibility index (Phi) is 7.05. The number of hydrogen-bond acceptors (Lipinski definition) is 0. The van der Waals surface area contributed by atoms with Crippen LogP contribution >= 0.6 is 7.92 Å². The molecule has 2 aliphatic carbocycles. The number of allylic oxidation sites excluding steroid dienone is 1. The fourth-order valence-corrected chi connectivity index (χ4v) is 8.52. The molecule has 0 aliphatic heterocycles. The maximum atomic E-state index is 14.3. The Bertz CT molecular complexity index is 923. The summed E-state index contributed by atoms with van der Waals surface area (Å²) in [6.45, 7) is 5.47. The van der Waals surface area contributed by atoms with Crippen LogP contribution in [-0.2, 0) is 6.42 Å². The lowest BCUT2D eigenvalue weighted by molar-refractivity contribution is -0.0876. The molecule has 2 aliphatic rings. The monoisotopic (exact) mass is 465 g/mol. The Hall–Kier alpha value is -1.23. The lowest BCUT2D eigenvalue weighted by Gasteiger charge is -2.51. The van der Waals surface area contributed by atoms with E-state index in [1.165, 1.54) is 0 Å². The minimum absolute atomic E-state index is 0.0968. The van der Waals surface area contributed by atoms with Gasteiger partial charge in [-0.2, -0.15) is 26.3 Å². The number of aromatic amines is 1. The van der Waals surface area contributed by atoms with Gasteiger partial charge in [-0.25, -0.2) is 0 Å². The zero-order chi connectivity index (χ0) is 23.0. The molecule has 2 unspecified atom stereocenters. The van der Waals surface area contributed by atoms with Gasteiger partial charge in [-0.1, -0.05) is 51.8 Å². The summed E-state index contributed by atoms with van der Waals surface area (Å²) in [5.41, 5.74) is 2.13. The van der Waals surface area contributed by atoms with Crippen molar-refractivity contribution in [3.05, 3.63) is 27.9 Å². The molecule has 0 radical (unpaired) electrons. The number of halogens is 6. The number of fused-ring (bicyclic) bond motifs is 1. The van der Waals surface area contributed by atoms with Crippen molar-refractivity contribution in [3.63, 3.8) is 0 Å². The van der Waals surface area contributed by atoms with E-state index < -0.39 is 30.8 Å². The van der Waals surface area contributed by atoms with Crippen molar-refractivity contribution in [3.8, 4) is 0 Å². The first-order valence-electron chi connectivity index (χ1n) is 11.1. The first kappa shape index (κ1) is 24.4. The molecular formula is C23H30F6NP. The van der Waals surface area contributed by atoms with E-state index >= 15 is 0 Å². The van der Waals surface area contributed by atoms with Crippen LogP contribution in [0.25, 0.3) is 17.7 Å². The summed E-state index contributed by atoms with van der Waals surface area (Å²) >= 11 is 0. The molecule has 174 valence electrons. The maximum absolute atomic E-state index is 14.3. The lowest BCUT2D eigenvalue weighted by Crippen LogP contribution is -2.50. The van der Waals surface area contributed by atoms with E-state index in [1.54, 1.807) is 6.92 Å². The highest BCUT2D eigenvalue weighted by Crippen LogP contribution is 2.78. The van der Waals surface area contributed by atoms with E-state index in [1.807, 2.05) is 32.1 Å². The minimum Gasteiger partial charge on any atom is -0.358 e. The third-order valence-corrected chi connectivity index (χ3v) is 9.36. The molecule has 31 heavy (non-hydrogen) atoms. The van der Waals surface area contributed by atoms with Crippen LogP contribution in [0.15, 0.2) is 6.08 Å². The molecule has 0 bridgehead atoms. The van der Waals surface area contributed by atoms with Gasteiger partial charge >= 0.3 is 11.8 Å². The SMILES string of the molecule is CCCC1CCC/C(=c2\[nH]c(CC)c3c2=CC=C3)C1(CCC)P(C(F)(F)F)C(F)(F)F. The van der Waals surface area contributed by atoms with Gasteiger partial charge in [0.2, 0.25) is 0 Å². The molecule has 1 N–H and O–H groups in total. The van der Waals surface area contributed by atoms with Crippen LogP contribution in [0, 0.1) is 5.92 Å². The Labute approximate surface area is 180 Å². The number of rotatable bonds is 6. The van der Waals surface area contributed by atoms with Gasteiger partial charge in [0.25, 0.3) is 0 Å². The number of hydrogen-bond donors (Lipinski definition) is 1. The zero-order valence-electron chi connectivity index (χ0n) is 18.2. The van der Waals surface area contributed by atoms with Gasteiger partial charge in [0.15, 0.2) is 0 Å². The Morgan fingerprint density at radius 3 is 2.29 bits per heavy atom. The smallest absolute Gasteiger partial charge is 0.358 e. The fraction of sp³-hybridized carbons (Fsp3) is 0.652. The summed E-state index contributed by atoms with van der Waals surface area (Å²) in [4.78, 5) is 3.26. The molecule has 1 heterocycles. The average Bonchev–Trinajstić information content (AvgIpc) is 3.24. The van der Waals surface area contributed by atoms with Crippen molar-refractivity contribution in [1.29, 1.82) is 0 Å². The Morgan fingerprint density at radius 2 is 1.74 bits per heavy atom. The van der Waals surface area contributed by atoms with Gasteiger partial charge in [0.1, 0.15) is 7.92 Å². The Balaban J connectivity index is 2.45. The minimum atomic E-state index is -5.30. The third kappa shape index (κ3) is 4.24. The zero-order valence-corrected chi connectivity index (χ0v) is 19.1. The lowest BCUT2D eigenvalue weighted by atomic mass is 9.70. The molecule has 8 heteroatoms. The van der Waals surface area contributed by atoms with Gasteiger partial charge < -0.3 is 4.98 Å². The van der Waals surface area contributed by atoms with Crippen molar-refractivity contribution in [2.75, 3.05) is 0 Å². The summed E-state index contributed by atoms with van der Waals surface area (Å²) < 4.78 is 85.7. The molecule has 1 nitrogen and oxygen atoms in total. The second-order valence-corrected chi connectivity index (χ2v) is 11.0. The van der Waals surface area contributed by atoms with Crippen LogP contribution in [0.5, 0.6) is 0 Å². The van der Waals surface area contributed by atoms with Crippen molar-refractivity contribution < 1.29 is 26.3 Å². The van der Waals surface area contributed by atoms with Crippen LogP contribution in [0.4, 0.5) is 26.3 Å². The predicted octanol–water partition coefficient (Wildman–Crippen LogP) is 7.20. The predicted molar refractivity (Wildman–Crippen MR) is 115 cm³/mol. The third-order valence-electron chi connectivity index (χ3n) is 6.69. The van der Waals surface area contributed by atoms with E-state index in [0.717, 1.165) is 16.5 Å². The normalized spacial score (nSPS) is 25.8. The van der Waals surface area contributed by atoms with Gasteiger partial charge in [-0.05, 0) is 50.0 Å². The van der Waals surface area contributed by atoms with Crippen molar-refractivity contribution in [2.45, 2.75) is 89.1 Å².